The highest BCUT2D eigenvalue weighted by Gasteiger charge is 2.18. The maximum atomic E-state index is 9.03. The molecule has 0 amide bonds. The van der Waals surface area contributed by atoms with E-state index in [1.165, 1.54) is 0 Å². The van der Waals surface area contributed by atoms with Crippen molar-refractivity contribution in [2.45, 2.75) is 20.8 Å². The SMILES string of the molecule is Cc1ccnc(N(CCN(C)C)CC(C)C)c1/C(N)=N/O. The molecule has 0 aliphatic rings. The molecule has 0 saturated carbocycles. The predicted molar refractivity (Wildman–Crippen MR) is 87.1 cm³/mol. The van der Waals surface area contributed by atoms with Crippen LogP contribution in [0.4, 0.5) is 5.82 Å². The van der Waals surface area contributed by atoms with Crippen LogP contribution in [0.1, 0.15) is 25.0 Å². The molecular formula is C15H27N5O. The Balaban J connectivity index is 3.20. The van der Waals surface area contributed by atoms with E-state index in [9.17, 15) is 0 Å². The third kappa shape index (κ3) is 4.90. The molecule has 0 fully saturated rings. The van der Waals surface area contributed by atoms with E-state index in [2.05, 4.69) is 33.8 Å². The van der Waals surface area contributed by atoms with Crippen LogP contribution in [0.2, 0.25) is 0 Å². The molecule has 0 unspecified atom stereocenters. The van der Waals surface area contributed by atoms with Gasteiger partial charge in [-0.1, -0.05) is 19.0 Å². The molecule has 6 nitrogen and oxygen atoms in total. The zero-order valence-electron chi connectivity index (χ0n) is 13.7. The van der Waals surface area contributed by atoms with Gasteiger partial charge in [0.25, 0.3) is 0 Å². The van der Waals surface area contributed by atoms with Crippen LogP contribution in [0.3, 0.4) is 0 Å². The first-order valence-electron chi connectivity index (χ1n) is 7.20. The Bertz CT molecular complexity index is 485. The maximum absolute atomic E-state index is 9.03. The third-order valence-electron chi connectivity index (χ3n) is 3.21. The summed E-state index contributed by atoms with van der Waals surface area (Å²) in [6.07, 6.45) is 1.77. The highest BCUT2D eigenvalue weighted by Crippen LogP contribution is 2.21. The van der Waals surface area contributed by atoms with Gasteiger partial charge in [-0.25, -0.2) is 4.98 Å². The molecule has 0 bridgehead atoms. The number of aryl methyl sites for hydroxylation is 1. The number of oxime groups is 1. The molecule has 0 radical (unpaired) electrons. The summed E-state index contributed by atoms with van der Waals surface area (Å²) < 4.78 is 0. The van der Waals surface area contributed by atoms with Gasteiger partial charge >= 0.3 is 0 Å². The van der Waals surface area contributed by atoms with E-state index >= 15 is 0 Å². The predicted octanol–water partition coefficient (Wildman–Crippen LogP) is 1.51. The Kier molecular flexibility index (Phi) is 6.42. The molecule has 0 atom stereocenters. The normalized spacial score (nSPS) is 12.2. The van der Waals surface area contributed by atoms with E-state index < -0.39 is 0 Å². The van der Waals surface area contributed by atoms with Gasteiger partial charge in [-0.3, -0.25) is 0 Å². The summed E-state index contributed by atoms with van der Waals surface area (Å²) >= 11 is 0. The Morgan fingerprint density at radius 1 is 1.38 bits per heavy atom. The maximum Gasteiger partial charge on any atom is 0.174 e. The highest BCUT2D eigenvalue weighted by atomic mass is 16.4. The molecular weight excluding hydrogens is 266 g/mol. The first-order chi connectivity index (χ1) is 9.86. The van der Waals surface area contributed by atoms with Gasteiger partial charge in [-0.15, -0.1) is 0 Å². The highest BCUT2D eigenvalue weighted by molar-refractivity contribution is 6.02. The molecule has 0 spiro atoms. The van der Waals surface area contributed by atoms with Crippen LogP contribution in [0.5, 0.6) is 0 Å². The van der Waals surface area contributed by atoms with Crippen LogP contribution in [-0.2, 0) is 0 Å². The van der Waals surface area contributed by atoms with E-state index in [0.717, 1.165) is 31.0 Å². The number of anilines is 1. The van der Waals surface area contributed by atoms with Gasteiger partial charge in [0.2, 0.25) is 0 Å². The van der Waals surface area contributed by atoms with Crippen molar-refractivity contribution >= 4 is 11.7 Å². The smallest absolute Gasteiger partial charge is 0.174 e. The average Bonchev–Trinajstić information content (AvgIpc) is 2.41. The quantitative estimate of drug-likeness (QED) is 0.345. The standard InChI is InChI=1S/C15H27N5O/c1-11(2)10-20(9-8-19(4)5)15-13(14(16)18-21)12(3)6-7-17-15/h6-7,11,21H,8-10H2,1-5H3,(H2,16,18). The number of rotatable bonds is 7. The van der Waals surface area contributed by atoms with Gasteiger partial charge in [0.15, 0.2) is 5.84 Å². The molecule has 1 aromatic rings. The van der Waals surface area contributed by atoms with Crippen molar-refractivity contribution in [3.8, 4) is 0 Å². The zero-order chi connectivity index (χ0) is 16.0. The lowest BCUT2D eigenvalue weighted by Crippen LogP contribution is -2.36. The Morgan fingerprint density at radius 2 is 2.05 bits per heavy atom. The first-order valence-corrected chi connectivity index (χ1v) is 7.20. The van der Waals surface area contributed by atoms with Crippen LogP contribution in [0, 0.1) is 12.8 Å². The summed E-state index contributed by atoms with van der Waals surface area (Å²) in [5.41, 5.74) is 7.50. The van der Waals surface area contributed by atoms with E-state index in [0.29, 0.717) is 11.5 Å². The number of nitrogens with zero attached hydrogens (tertiary/aromatic N) is 4. The Labute approximate surface area is 127 Å². The van der Waals surface area contributed by atoms with Gasteiger partial charge < -0.3 is 20.7 Å². The van der Waals surface area contributed by atoms with E-state index in [4.69, 9.17) is 10.9 Å². The van der Waals surface area contributed by atoms with Gasteiger partial charge in [-0.05, 0) is 38.6 Å². The Morgan fingerprint density at radius 3 is 2.57 bits per heavy atom. The molecule has 1 aromatic heterocycles. The van der Waals surface area contributed by atoms with Crippen molar-refractivity contribution in [3.63, 3.8) is 0 Å². The molecule has 0 aromatic carbocycles. The van der Waals surface area contributed by atoms with Crippen molar-refractivity contribution in [2.24, 2.45) is 16.8 Å². The molecule has 0 aliphatic heterocycles. The lowest BCUT2D eigenvalue weighted by molar-refractivity contribution is 0.318. The fourth-order valence-corrected chi connectivity index (χ4v) is 2.20. The molecule has 6 heteroatoms. The zero-order valence-corrected chi connectivity index (χ0v) is 13.7. The summed E-state index contributed by atoms with van der Waals surface area (Å²) in [5, 5.41) is 12.2. The minimum absolute atomic E-state index is 0.106. The third-order valence-corrected chi connectivity index (χ3v) is 3.21. The molecule has 118 valence electrons. The fourth-order valence-electron chi connectivity index (χ4n) is 2.20. The van der Waals surface area contributed by atoms with E-state index in [-0.39, 0.29) is 5.84 Å². The number of likely N-dealkylation sites (N-methyl/N-ethyl adjacent to an activating group) is 1. The number of aromatic nitrogens is 1. The van der Waals surface area contributed by atoms with Gasteiger partial charge in [0, 0.05) is 25.8 Å². The minimum Gasteiger partial charge on any atom is -0.409 e. The number of nitrogens with two attached hydrogens (primary N) is 1. The topological polar surface area (TPSA) is 78.0 Å². The van der Waals surface area contributed by atoms with Crippen LogP contribution in [0.15, 0.2) is 17.4 Å². The average molecular weight is 293 g/mol. The molecule has 1 rings (SSSR count). The van der Waals surface area contributed by atoms with Crippen molar-refractivity contribution in [1.29, 1.82) is 0 Å². The summed E-state index contributed by atoms with van der Waals surface area (Å²) in [6, 6.07) is 1.87. The van der Waals surface area contributed by atoms with Crippen LogP contribution in [0.25, 0.3) is 0 Å². The molecule has 1 heterocycles. The van der Waals surface area contributed by atoms with Gasteiger partial charge in [0.1, 0.15) is 5.82 Å². The summed E-state index contributed by atoms with van der Waals surface area (Å²) in [6.45, 7) is 8.91. The van der Waals surface area contributed by atoms with Crippen LogP contribution < -0.4 is 10.6 Å². The first kappa shape index (κ1) is 17.2. The lowest BCUT2D eigenvalue weighted by Gasteiger charge is -2.29. The van der Waals surface area contributed by atoms with Crippen molar-refractivity contribution in [2.75, 3.05) is 38.6 Å². The minimum atomic E-state index is 0.106. The number of pyridine rings is 1. The second kappa shape index (κ2) is 7.83. The Hall–Kier alpha value is -1.82. The second-order valence-corrected chi connectivity index (χ2v) is 5.95. The summed E-state index contributed by atoms with van der Waals surface area (Å²) in [4.78, 5) is 8.81. The number of hydrogen-bond acceptors (Lipinski definition) is 5. The van der Waals surface area contributed by atoms with Crippen LogP contribution in [-0.4, -0.2) is 54.7 Å². The van der Waals surface area contributed by atoms with Crippen LogP contribution >= 0.6 is 0 Å². The summed E-state index contributed by atoms with van der Waals surface area (Å²) in [7, 11) is 4.09. The van der Waals surface area contributed by atoms with Gasteiger partial charge in [0.05, 0.1) is 5.56 Å². The van der Waals surface area contributed by atoms with Gasteiger partial charge in [-0.2, -0.15) is 0 Å². The van der Waals surface area contributed by atoms with Crippen molar-refractivity contribution in [3.05, 3.63) is 23.4 Å². The monoisotopic (exact) mass is 293 g/mol. The van der Waals surface area contributed by atoms with E-state index in [1.54, 1.807) is 6.20 Å². The fraction of sp³-hybridized carbons (Fsp3) is 0.600. The number of amidine groups is 1. The molecule has 21 heavy (non-hydrogen) atoms. The van der Waals surface area contributed by atoms with Crippen molar-refractivity contribution < 1.29 is 5.21 Å². The molecule has 3 N–H and O–H groups in total. The molecule has 0 aliphatic carbocycles. The number of hydrogen-bond donors (Lipinski definition) is 2. The lowest BCUT2D eigenvalue weighted by atomic mass is 10.1. The van der Waals surface area contributed by atoms with Crippen molar-refractivity contribution in [1.82, 2.24) is 9.88 Å². The summed E-state index contributed by atoms with van der Waals surface area (Å²) in [5.74, 6) is 1.38. The molecule has 0 saturated heterocycles. The van der Waals surface area contributed by atoms with E-state index in [1.807, 2.05) is 27.1 Å². The largest absolute Gasteiger partial charge is 0.409 e. The second-order valence-electron chi connectivity index (χ2n) is 5.95.